The predicted molar refractivity (Wildman–Crippen MR) is 85.3 cm³/mol. The van der Waals surface area contributed by atoms with E-state index in [1.54, 1.807) is 25.1 Å². The molecule has 0 aliphatic rings. The fraction of sp³-hybridized carbons (Fsp3) is 0.188. The molecule has 0 unspecified atom stereocenters. The number of rotatable bonds is 3. The van der Waals surface area contributed by atoms with E-state index in [0.717, 1.165) is 22.4 Å². The van der Waals surface area contributed by atoms with Crippen LogP contribution in [0.1, 0.15) is 16.7 Å². The highest BCUT2D eigenvalue weighted by Crippen LogP contribution is 2.34. The quantitative estimate of drug-likeness (QED) is 0.570. The van der Waals surface area contributed by atoms with Crippen LogP contribution in [0.3, 0.4) is 0 Å². The van der Waals surface area contributed by atoms with Crippen molar-refractivity contribution in [2.24, 2.45) is 0 Å². The van der Waals surface area contributed by atoms with E-state index in [4.69, 9.17) is 5.73 Å². The van der Waals surface area contributed by atoms with Crippen LogP contribution in [0.25, 0.3) is 5.69 Å². The smallest absolute Gasteiger partial charge is 0.399 e. The second-order valence-electron chi connectivity index (χ2n) is 5.66. The molecule has 0 aliphatic heterocycles. The van der Waals surface area contributed by atoms with Crippen LogP contribution < -0.4 is 11.4 Å². The van der Waals surface area contributed by atoms with Gasteiger partial charge in [-0.25, -0.2) is 9.18 Å². The lowest BCUT2D eigenvalue weighted by atomic mass is 10.1. The van der Waals surface area contributed by atoms with E-state index in [0.29, 0.717) is 22.0 Å². The zero-order valence-corrected chi connectivity index (χ0v) is 13.5. The number of tetrazole rings is 1. The summed E-state index contributed by atoms with van der Waals surface area (Å²) in [6.45, 7) is 1.73. The van der Waals surface area contributed by atoms with E-state index in [2.05, 4.69) is 10.4 Å². The molecular formula is C16H13F4N5O. The highest BCUT2D eigenvalue weighted by Gasteiger charge is 2.36. The summed E-state index contributed by atoms with van der Waals surface area (Å²) in [4.78, 5) is 12.4. The monoisotopic (exact) mass is 367 g/mol. The van der Waals surface area contributed by atoms with Gasteiger partial charge in [-0.1, -0.05) is 18.2 Å². The van der Waals surface area contributed by atoms with Gasteiger partial charge in [0.1, 0.15) is 11.5 Å². The normalized spacial score (nSPS) is 11.7. The molecule has 10 heteroatoms. The molecule has 1 heterocycles. The van der Waals surface area contributed by atoms with Crippen LogP contribution in [0.4, 0.5) is 23.2 Å². The Labute approximate surface area is 144 Å². The topological polar surface area (TPSA) is 78.7 Å². The predicted octanol–water partition coefficient (Wildman–Crippen LogP) is 2.53. The number of anilines is 1. The molecule has 3 aromatic rings. The van der Waals surface area contributed by atoms with Crippen molar-refractivity contribution >= 4 is 5.69 Å². The second-order valence-corrected chi connectivity index (χ2v) is 5.66. The highest BCUT2D eigenvalue weighted by molar-refractivity contribution is 5.47. The van der Waals surface area contributed by atoms with E-state index in [-0.39, 0.29) is 6.54 Å². The number of benzene rings is 2. The third-order valence-electron chi connectivity index (χ3n) is 3.81. The number of nitrogen functional groups attached to an aromatic ring is 1. The lowest BCUT2D eigenvalue weighted by molar-refractivity contribution is -0.137. The van der Waals surface area contributed by atoms with Crippen molar-refractivity contribution in [2.75, 3.05) is 5.73 Å². The maximum absolute atomic E-state index is 14.0. The van der Waals surface area contributed by atoms with Gasteiger partial charge in [-0.05, 0) is 46.7 Å². The Hall–Kier alpha value is -3.17. The van der Waals surface area contributed by atoms with Crippen LogP contribution in [-0.2, 0) is 12.7 Å². The molecule has 0 saturated heterocycles. The molecule has 0 aliphatic carbocycles. The van der Waals surface area contributed by atoms with Crippen molar-refractivity contribution < 1.29 is 17.6 Å². The number of hydrogen-bond acceptors (Lipinski definition) is 4. The van der Waals surface area contributed by atoms with Gasteiger partial charge in [-0.15, -0.1) is 0 Å². The number of nitrogens with zero attached hydrogens (tertiary/aromatic N) is 4. The molecule has 0 spiro atoms. The van der Waals surface area contributed by atoms with Crippen molar-refractivity contribution in [3.05, 3.63) is 69.4 Å². The van der Waals surface area contributed by atoms with E-state index in [1.165, 1.54) is 0 Å². The summed E-state index contributed by atoms with van der Waals surface area (Å²) in [6.07, 6.45) is -4.85. The molecular weight excluding hydrogens is 354 g/mol. The van der Waals surface area contributed by atoms with Crippen LogP contribution in [-0.4, -0.2) is 19.8 Å². The van der Waals surface area contributed by atoms with Crippen molar-refractivity contribution in [1.29, 1.82) is 0 Å². The number of alkyl halides is 3. The van der Waals surface area contributed by atoms with Gasteiger partial charge in [0.15, 0.2) is 0 Å². The lowest BCUT2D eigenvalue weighted by Crippen LogP contribution is -2.27. The maximum atomic E-state index is 14.0. The van der Waals surface area contributed by atoms with Gasteiger partial charge in [0.05, 0.1) is 12.1 Å². The Morgan fingerprint density at radius 2 is 1.88 bits per heavy atom. The lowest BCUT2D eigenvalue weighted by Gasteiger charge is -2.11. The molecule has 26 heavy (non-hydrogen) atoms. The minimum absolute atomic E-state index is 0.0459. The Kier molecular flexibility index (Phi) is 4.26. The number of halogens is 4. The summed E-state index contributed by atoms with van der Waals surface area (Å²) < 4.78 is 54.6. The SMILES string of the molecule is Cc1cc(Cn2nnn(-c3c(F)cccc3C(F)(F)F)c2=O)ccc1N. The van der Waals surface area contributed by atoms with Crippen LogP contribution in [0.15, 0.2) is 41.2 Å². The summed E-state index contributed by atoms with van der Waals surface area (Å²) in [7, 11) is 0. The van der Waals surface area contributed by atoms with Crippen molar-refractivity contribution in [3.63, 3.8) is 0 Å². The molecule has 2 aromatic carbocycles. The summed E-state index contributed by atoms with van der Waals surface area (Å²) in [5.41, 5.74) is 4.42. The fourth-order valence-corrected chi connectivity index (χ4v) is 2.48. The Morgan fingerprint density at radius 3 is 2.54 bits per heavy atom. The zero-order chi connectivity index (χ0) is 19.1. The zero-order valence-electron chi connectivity index (χ0n) is 13.5. The minimum Gasteiger partial charge on any atom is -0.399 e. The van der Waals surface area contributed by atoms with E-state index in [1.807, 2.05) is 0 Å². The molecule has 0 amide bonds. The second kappa shape index (κ2) is 6.28. The summed E-state index contributed by atoms with van der Waals surface area (Å²) in [6, 6.07) is 7.41. The third kappa shape index (κ3) is 3.17. The molecule has 1 aromatic heterocycles. The van der Waals surface area contributed by atoms with Crippen LogP contribution in [0.2, 0.25) is 0 Å². The standard InChI is InChI=1S/C16H13F4N5O/c1-9-7-10(5-6-13(9)21)8-24-15(26)25(23-22-24)14-11(16(18,19)20)3-2-4-12(14)17/h2-7H,8,21H2,1H3. The third-order valence-corrected chi connectivity index (χ3v) is 3.81. The van der Waals surface area contributed by atoms with Crippen molar-refractivity contribution in [3.8, 4) is 5.69 Å². The minimum atomic E-state index is -4.85. The Morgan fingerprint density at radius 1 is 1.15 bits per heavy atom. The number of hydrogen-bond donors (Lipinski definition) is 1. The van der Waals surface area contributed by atoms with Gasteiger partial charge in [-0.2, -0.15) is 22.5 Å². The summed E-state index contributed by atoms with van der Waals surface area (Å²) in [5, 5.41) is 6.97. The van der Waals surface area contributed by atoms with Gasteiger partial charge in [0.25, 0.3) is 0 Å². The molecule has 6 nitrogen and oxygen atoms in total. The van der Waals surface area contributed by atoms with Gasteiger partial charge in [0.2, 0.25) is 0 Å². The van der Waals surface area contributed by atoms with Crippen LogP contribution in [0.5, 0.6) is 0 Å². The molecule has 0 bridgehead atoms. The van der Waals surface area contributed by atoms with Gasteiger partial charge >= 0.3 is 11.9 Å². The average molecular weight is 367 g/mol. The molecule has 0 atom stereocenters. The highest BCUT2D eigenvalue weighted by atomic mass is 19.4. The maximum Gasteiger partial charge on any atom is 0.418 e. The van der Waals surface area contributed by atoms with E-state index < -0.39 is 28.9 Å². The molecule has 136 valence electrons. The fourth-order valence-electron chi connectivity index (χ4n) is 2.48. The van der Waals surface area contributed by atoms with Gasteiger partial charge in [0, 0.05) is 5.69 Å². The average Bonchev–Trinajstić information content (AvgIpc) is 2.91. The van der Waals surface area contributed by atoms with Gasteiger partial charge < -0.3 is 5.73 Å². The first-order valence-electron chi connectivity index (χ1n) is 7.42. The molecule has 0 radical (unpaired) electrons. The first kappa shape index (κ1) is 17.6. The molecule has 0 fully saturated rings. The molecule has 2 N–H and O–H groups in total. The Balaban J connectivity index is 2.06. The number of para-hydroxylation sites is 1. The number of aryl methyl sites for hydroxylation is 1. The van der Waals surface area contributed by atoms with Crippen LogP contribution >= 0.6 is 0 Å². The van der Waals surface area contributed by atoms with E-state index in [9.17, 15) is 22.4 Å². The largest absolute Gasteiger partial charge is 0.418 e. The Bertz CT molecular complexity index is 1020. The van der Waals surface area contributed by atoms with Gasteiger partial charge in [-0.3, -0.25) is 0 Å². The summed E-state index contributed by atoms with van der Waals surface area (Å²) in [5.74, 6) is -1.22. The molecule has 3 rings (SSSR count). The first-order chi connectivity index (χ1) is 12.2. The van der Waals surface area contributed by atoms with Crippen LogP contribution in [0, 0.1) is 12.7 Å². The van der Waals surface area contributed by atoms with E-state index >= 15 is 0 Å². The van der Waals surface area contributed by atoms with Crippen molar-refractivity contribution in [1.82, 2.24) is 19.8 Å². The number of aromatic nitrogens is 4. The van der Waals surface area contributed by atoms with Crippen molar-refractivity contribution in [2.45, 2.75) is 19.6 Å². The summed E-state index contributed by atoms with van der Waals surface area (Å²) >= 11 is 0. The first-order valence-corrected chi connectivity index (χ1v) is 7.42. The molecule has 0 saturated carbocycles. The number of nitrogens with two attached hydrogens (primary N) is 1.